The fourth-order valence-electron chi connectivity index (χ4n) is 1.81. The smallest absolute Gasteiger partial charge is 0.338 e. The van der Waals surface area contributed by atoms with Crippen molar-refractivity contribution in [2.75, 3.05) is 6.61 Å². The van der Waals surface area contributed by atoms with Gasteiger partial charge >= 0.3 is 5.97 Å². The van der Waals surface area contributed by atoms with E-state index in [-0.39, 0.29) is 12.0 Å². The maximum Gasteiger partial charge on any atom is 0.338 e. The first-order chi connectivity index (χ1) is 9.75. The van der Waals surface area contributed by atoms with E-state index in [4.69, 9.17) is 4.74 Å². The molecule has 2 rings (SSSR count). The van der Waals surface area contributed by atoms with Crippen LogP contribution >= 0.6 is 0 Å². The number of hydrogen-bond acceptors (Lipinski definition) is 3. The molecule has 20 heavy (non-hydrogen) atoms. The summed E-state index contributed by atoms with van der Waals surface area (Å²) in [6, 6.07) is 19.3. The van der Waals surface area contributed by atoms with Crippen molar-refractivity contribution < 1.29 is 9.53 Å². The maximum atomic E-state index is 11.8. The van der Waals surface area contributed by atoms with E-state index in [0.29, 0.717) is 12.2 Å². The summed E-state index contributed by atoms with van der Waals surface area (Å²) in [5.74, 6) is -0.279. The molecule has 0 radical (unpaired) electrons. The topological polar surface area (TPSA) is 38.3 Å². The second kappa shape index (κ2) is 7.46. The quantitative estimate of drug-likeness (QED) is 0.819. The molecule has 0 fully saturated rings. The van der Waals surface area contributed by atoms with Crippen molar-refractivity contribution in [1.29, 1.82) is 0 Å². The predicted molar refractivity (Wildman–Crippen MR) is 79.5 cm³/mol. The Morgan fingerprint density at radius 3 is 2.30 bits per heavy atom. The number of carbonyl (C=O) groups is 1. The molecule has 104 valence electrons. The van der Waals surface area contributed by atoms with E-state index < -0.39 is 0 Å². The van der Waals surface area contributed by atoms with Crippen LogP contribution in [-0.4, -0.2) is 18.6 Å². The Hall–Kier alpha value is -2.13. The van der Waals surface area contributed by atoms with Gasteiger partial charge in [0.1, 0.15) is 6.61 Å². The number of esters is 1. The average Bonchev–Trinajstić information content (AvgIpc) is 2.52. The summed E-state index contributed by atoms with van der Waals surface area (Å²) in [5, 5.41) is 3.33. The molecule has 2 aromatic carbocycles. The first kappa shape index (κ1) is 14.3. The summed E-state index contributed by atoms with van der Waals surface area (Å²) in [6.07, 6.45) is 0. The van der Waals surface area contributed by atoms with Crippen LogP contribution in [0.4, 0.5) is 0 Å². The van der Waals surface area contributed by atoms with Gasteiger partial charge < -0.3 is 10.1 Å². The molecule has 0 bridgehead atoms. The van der Waals surface area contributed by atoms with Crippen molar-refractivity contribution >= 4 is 5.97 Å². The highest BCUT2D eigenvalue weighted by Gasteiger charge is 2.08. The molecular weight excluding hydrogens is 250 g/mol. The van der Waals surface area contributed by atoms with Crippen molar-refractivity contribution in [2.24, 2.45) is 0 Å². The zero-order valence-corrected chi connectivity index (χ0v) is 11.6. The van der Waals surface area contributed by atoms with E-state index in [1.54, 1.807) is 12.1 Å². The van der Waals surface area contributed by atoms with Gasteiger partial charge in [-0.2, -0.15) is 0 Å². The molecule has 3 nitrogen and oxygen atoms in total. The molecular formula is C17H19NO2. The molecule has 1 atom stereocenters. The van der Waals surface area contributed by atoms with Crippen LogP contribution in [-0.2, 0) is 11.3 Å². The Bertz CT molecular complexity index is 525. The van der Waals surface area contributed by atoms with Gasteiger partial charge in [0.25, 0.3) is 0 Å². The number of ether oxygens (including phenoxy) is 1. The lowest BCUT2D eigenvalue weighted by Crippen LogP contribution is -2.31. The highest BCUT2D eigenvalue weighted by Crippen LogP contribution is 2.02. The molecule has 3 heteroatoms. The van der Waals surface area contributed by atoms with Gasteiger partial charge in [-0.05, 0) is 24.6 Å². The summed E-state index contributed by atoms with van der Waals surface area (Å²) >= 11 is 0. The lowest BCUT2D eigenvalue weighted by Gasteiger charge is -2.14. The van der Waals surface area contributed by atoms with Crippen molar-refractivity contribution in [2.45, 2.75) is 19.5 Å². The molecule has 0 aromatic heterocycles. The molecule has 0 spiro atoms. The normalized spacial score (nSPS) is 11.8. The average molecular weight is 269 g/mol. The molecule has 0 amide bonds. The SMILES string of the molecule is CC(COC(=O)c1ccccc1)NCc1ccccc1. The molecule has 1 N–H and O–H groups in total. The van der Waals surface area contributed by atoms with E-state index in [1.807, 2.05) is 43.3 Å². The maximum absolute atomic E-state index is 11.8. The van der Waals surface area contributed by atoms with E-state index >= 15 is 0 Å². The number of carbonyl (C=O) groups excluding carboxylic acids is 1. The lowest BCUT2D eigenvalue weighted by atomic mass is 10.2. The van der Waals surface area contributed by atoms with E-state index in [0.717, 1.165) is 6.54 Å². The summed E-state index contributed by atoms with van der Waals surface area (Å²) in [4.78, 5) is 11.8. The van der Waals surface area contributed by atoms with Gasteiger partial charge in [0.2, 0.25) is 0 Å². The van der Waals surface area contributed by atoms with E-state index in [9.17, 15) is 4.79 Å². The van der Waals surface area contributed by atoms with Crippen molar-refractivity contribution in [3.8, 4) is 0 Å². The first-order valence-electron chi connectivity index (χ1n) is 6.75. The fourth-order valence-corrected chi connectivity index (χ4v) is 1.81. The lowest BCUT2D eigenvalue weighted by molar-refractivity contribution is 0.0472. The summed E-state index contributed by atoms with van der Waals surface area (Å²) in [5.41, 5.74) is 1.80. The Balaban J connectivity index is 1.73. The Morgan fingerprint density at radius 1 is 1.05 bits per heavy atom. The van der Waals surface area contributed by atoms with Crippen molar-refractivity contribution in [3.05, 3.63) is 71.8 Å². The van der Waals surface area contributed by atoms with Gasteiger partial charge in [-0.15, -0.1) is 0 Å². The summed E-state index contributed by atoms with van der Waals surface area (Å²) < 4.78 is 5.28. The van der Waals surface area contributed by atoms with Gasteiger partial charge in [-0.1, -0.05) is 48.5 Å². The van der Waals surface area contributed by atoms with Crippen LogP contribution in [0.1, 0.15) is 22.8 Å². The van der Waals surface area contributed by atoms with Crippen LogP contribution in [0.2, 0.25) is 0 Å². The molecule has 0 aliphatic carbocycles. The third-order valence-electron chi connectivity index (χ3n) is 2.97. The van der Waals surface area contributed by atoms with Crippen molar-refractivity contribution in [1.82, 2.24) is 5.32 Å². The van der Waals surface area contributed by atoms with E-state index in [2.05, 4.69) is 17.4 Å². The highest BCUT2D eigenvalue weighted by molar-refractivity contribution is 5.89. The van der Waals surface area contributed by atoms with Gasteiger partial charge in [0.15, 0.2) is 0 Å². The third-order valence-corrected chi connectivity index (χ3v) is 2.97. The van der Waals surface area contributed by atoms with Gasteiger partial charge in [-0.25, -0.2) is 4.79 Å². The minimum absolute atomic E-state index is 0.114. The Kier molecular flexibility index (Phi) is 5.33. The highest BCUT2D eigenvalue weighted by atomic mass is 16.5. The van der Waals surface area contributed by atoms with Crippen LogP contribution in [0.5, 0.6) is 0 Å². The number of nitrogens with one attached hydrogen (secondary N) is 1. The molecule has 1 unspecified atom stereocenters. The molecule has 2 aromatic rings. The second-order valence-electron chi connectivity index (χ2n) is 4.73. The molecule has 0 heterocycles. The zero-order valence-electron chi connectivity index (χ0n) is 11.6. The standard InChI is InChI=1S/C17H19NO2/c1-14(18-12-15-8-4-2-5-9-15)13-20-17(19)16-10-6-3-7-11-16/h2-11,14,18H,12-13H2,1H3. The predicted octanol–water partition coefficient (Wildman–Crippen LogP) is 3.02. The minimum atomic E-state index is -0.279. The monoisotopic (exact) mass is 269 g/mol. The first-order valence-corrected chi connectivity index (χ1v) is 6.75. The second-order valence-corrected chi connectivity index (χ2v) is 4.73. The minimum Gasteiger partial charge on any atom is -0.460 e. The van der Waals surface area contributed by atoms with Gasteiger partial charge in [0.05, 0.1) is 5.56 Å². The number of benzene rings is 2. The van der Waals surface area contributed by atoms with Crippen LogP contribution in [0.15, 0.2) is 60.7 Å². The molecule has 0 saturated carbocycles. The van der Waals surface area contributed by atoms with Gasteiger partial charge in [-0.3, -0.25) is 0 Å². The Morgan fingerprint density at radius 2 is 1.65 bits per heavy atom. The summed E-state index contributed by atoms with van der Waals surface area (Å²) in [6.45, 7) is 3.13. The third kappa shape index (κ3) is 4.52. The molecule has 0 aliphatic rings. The fraction of sp³-hybridized carbons (Fsp3) is 0.235. The summed E-state index contributed by atoms with van der Waals surface area (Å²) in [7, 11) is 0. The van der Waals surface area contributed by atoms with Crippen LogP contribution in [0, 0.1) is 0 Å². The van der Waals surface area contributed by atoms with E-state index in [1.165, 1.54) is 5.56 Å². The van der Waals surface area contributed by atoms with Crippen LogP contribution in [0.25, 0.3) is 0 Å². The van der Waals surface area contributed by atoms with Crippen LogP contribution < -0.4 is 5.32 Å². The number of rotatable bonds is 6. The zero-order chi connectivity index (χ0) is 14.2. The van der Waals surface area contributed by atoms with Crippen molar-refractivity contribution in [3.63, 3.8) is 0 Å². The van der Waals surface area contributed by atoms with Crippen LogP contribution in [0.3, 0.4) is 0 Å². The number of hydrogen-bond donors (Lipinski definition) is 1. The molecule has 0 saturated heterocycles. The molecule has 0 aliphatic heterocycles. The Labute approximate surface area is 119 Å². The largest absolute Gasteiger partial charge is 0.460 e. The van der Waals surface area contributed by atoms with Gasteiger partial charge in [0, 0.05) is 12.6 Å².